The summed E-state index contributed by atoms with van der Waals surface area (Å²) in [5.74, 6) is -1.07. The fraction of sp³-hybridized carbons (Fsp3) is 0. The molecule has 0 amide bonds. The van der Waals surface area contributed by atoms with Crippen LogP contribution in [0, 0.1) is 3.57 Å². The maximum absolute atomic E-state index is 11.2. The quantitative estimate of drug-likeness (QED) is 0.447. The fourth-order valence-electron chi connectivity index (χ4n) is 1.20. The van der Waals surface area contributed by atoms with Crippen LogP contribution in [-0.4, -0.2) is 16.5 Å². The third-order valence-corrected chi connectivity index (χ3v) is 3.49. The van der Waals surface area contributed by atoms with Gasteiger partial charge in [-0.2, -0.15) is 0 Å². The Hall–Kier alpha value is -1.04. The molecule has 1 aromatic carbocycles. The number of carbonyl (C=O) groups is 2. The Bertz CT molecular complexity index is 423. The molecule has 0 bridgehead atoms. The summed E-state index contributed by atoms with van der Waals surface area (Å²) in [6.07, 6.45) is 0. The highest BCUT2D eigenvalue weighted by atomic mass is 127. The van der Waals surface area contributed by atoms with E-state index in [1.54, 1.807) is 12.1 Å². The molecule has 1 aliphatic rings. The van der Waals surface area contributed by atoms with Crippen molar-refractivity contribution < 1.29 is 14.3 Å². The summed E-state index contributed by atoms with van der Waals surface area (Å²) < 4.78 is 9.14. The minimum Gasteiger partial charge on any atom is -0.386 e. The van der Waals surface area contributed by atoms with Crippen molar-refractivity contribution in [2.24, 2.45) is 0 Å². The predicted octanol–water partition coefficient (Wildman–Crippen LogP) is 1.57. The molecule has 1 heterocycles. The predicted molar refractivity (Wildman–Crippen MR) is 56.0 cm³/mol. The number of halogens is 1. The summed E-state index contributed by atoms with van der Waals surface area (Å²) in [6.45, 7) is 0. The molecule has 0 N–H and O–H groups in total. The number of hydrogen-bond acceptors (Lipinski definition) is 3. The minimum absolute atomic E-state index is 0.380. The van der Waals surface area contributed by atoms with Crippen molar-refractivity contribution in [1.29, 1.82) is 0 Å². The number of esters is 2. The van der Waals surface area contributed by atoms with Crippen LogP contribution in [0.5, 0.6) is 0 Å². The smallest absolute Gasteiger partial charge is 0.347 e. The van der Waals surface area contributed by atoms with Gasteiger partial charge < -0.3 is 4.74 Å². The van der Waals surface area contributed by atoms with Crippen molar-refractivity contribution in [1.82, 2.24) is 0 Å². The van der Waals surface area contributed by atoms with Gasteiger partial charge >= 0.3 is 11.9 Å². The van der Waals surface area contributed by atoms with E-state index in [4.69, 9.17) is 0 Å². The average Bonchev–Trinajstić information content (AvgIpc) is 2.43. The Labute approximate surface area is 84.5 Å². The Morgan fingerprint density at radius 2 is 2.00 bits per heavy atom. The van der Waals surface area contributed by atoms with E-state index in [9.17, 15) is 9.59 Å². The van der Waals surface area contributed by atoms with Crippen LogP contribution >= 0.6 is 20.7 Å². The van der Waals surface area contributed by atoms with Crippen LogP contribution in [0.15, 0.2) is 18.2 Å². The molecule has 66 valence electrons. The molecule has 0 aromatic heterocycles. The molecular formula is C9H5IO3. The fourth-order valence-corrected chi connectivity index (χ4v) is 2.56. The lowest BCUT2D eigenvalue weighted by atomic mass is 10.1. The van der Waals surface area contributed by atoms with E-state index < -0.39 is 32.7 Å². The van der Waals surface area contributed by atoms with Crippen LogP contribution in [0.3, 0.4) is 0 Å². The van der Waals surface area contributed by atoms with E-state index in [2.05, 4.69) is 9.25 Å². The molecule has 0 spiro atoms. The highest BCUT2D eigenvalue weighted by Crippen LogP contribution is 2.26. The number of hydrogen-bond donors (Lipinski definition) is 0. The molecule has 13 heavy (non-hydrogen) atoms. The summed E-state index contributed by atoms with van der Waals surface area (Å²) in [4.78, 5) is 22.3. The number of fused-ring (bicyclic) bond motifs is 1. The molecule has 0 saturated carbocycles. The summed E-state index contributed by atoms with van der Waals surface area (Å²) in [5.41, 5.74) is 0.807. The Kier molecular flexibility index (Phi) is 1.99. The van der Waals surface area contributed by atoms with E-state index in [1.165, 1.54) is 0 Å². The number of cyclic esters (lactones) is 2. The third-order valence-electron chi connectivity index (χ3n) is 1.77. The average molecular weight is 288 g/mol. The van der Waals surface area contributed by atoms with Crippen LogP contribution in [0.25, 0.3) is 0 Å². The molecule has 0 fully saturated rings. The van der Waals surface area contributed by atoms with Gasteiger partial charge in [-0.25, -0.2) is 9.59 Å². The van der Waals surface area contributed by atoms with Gasteiger partial charge in [-0.05, 0) is 12.1 Å². The lowest BCUT2D eigenvalue weighted by molar-refractivity contribution is 0.0443. The first-order valence-corrected chi connectivity index (χ1v) is 6.12. The van der Waals surface area contributed by atoms with Gasteiger partial charge in [-0.1, -0.05) is 31.3 Å². The molecule has 0 radical (unpaired) electrons. The molecule has 3 nitrogen and oxygen atoms in total. The molecular weight excluding hydrogens is 283 g/mol. The molecule has 2 rings (SSSR count). The molecule has 1 aliphatic heterocycles. The van der Waals surface area contributed by atoms with E-state index in [0.717, 1.165) is 3.57 Å². The van der Waals surface area contributed by atoms with Crippen molar-refractivity contribution in [2.45, 2.75) is 0 Å². The monoisotopic (exact) mass is 288 g/mol. The standard InChI is InChI=1S/C9H5IO3/c1-10-6-4-2-3-5-7(6)9(12)13-8(5)11/h2-4H,1H2. The highest BCUT2D eigenvalue weighted by Gasteiger charge is 2.31. The zero-order valence-corrected chi connectivity index (χ0v) is 8.70. The molecule has 0 unspecified atom stereocenters. The molecule has 4 heteroatoms. The first kappa shape index (κ1) is 8.55. The molecule has 1 aromatic rings. The largest absolute Gasteiger partial charge is 0.386 e. The van der Waals surface area contributed by atoms with E-state index >= 15 is 0 Å². The SMILES string of the molecule is C=Ic1cccc2c1C(=O)OC2=O. The first-order valence-electron chi connectivity index (χ1n) is 3.52. The number of benzene rings is 1. The van der Waals surface area contributed by atoms with Crippen LogP contribution in [0.2, 0.25) is 0 Å². The van der Waals surface area contributed by atoms with Crippen molar-refractivity contribution in [2.75, 3.05) is 0 Å². The van der Waals surface area contributed by atoms with Gasteiger partial charge in [0.1, 0.15) is 0 Å². The van der Waals surface area contributed by atoms with Crippen molar-refractivity contribution in [3.8, 4) is 0 Å². The lowest BCUT2D eigenvalue weighted by Gasteiger charge is -1.95. The third kappa shape index (κ3) is 1.21. The highest BCUT2D eigenvalue weighted by molar-refractivity contribution is 14.2. The normalized spacial score (nSPS) is 14.2. The summed E-state index contributed by atoms with van der Waals surface area (Å²) >= 11 is -0.445. The lowest BCUT2D eigenvalue weighted by Crippen LogP contribution is -1.98. The van der Waals surface area contributed by atoms with Crippen LogP contribution in [0.1, 0.15) is 20.7 Å². The Morgan fingerprint density at radius 1 is 1.23 bits per heavy atom. The second-order valence-corrected chi connectivity index (χ2v) is 4.40. The van der Waals surface area contributed by atoms with Crippen LogP contribution in [-0.2, 0) is 4.74 Å². The van der Waals surface area contributed by atoms with Gasteiger partial charge in [0.2, 0.25) is 0 Å². The summed E-state index contributed by atoms with van der Waals surface area (Å²) in [7, 11) is 0. The van der Waals surface area contributed by atoms with Gasteiger partial charge in [0.15, 0.2) is 0 Å². The first-order chi connectivity index (χ1) is 6.24. The number of carbonyl (C=O) groups excluding carboxylic acids is 2. The Balaban J connectivity index is 2.75. The van der Waals surface area contributed by atoms with Crippen LogP contribution < -0.4 is 0 Å². The topological polar surface area (TPSA) is 43.4 Å². The second-order valence-electron chi connectivity index (χ2n) is 2.47. The van der Waals surface area contributed by atoms with Gasteiger partial charge in [0, 0.05) is 3.57 Å². The maximum Gasteiger partial charge on any atom is 0.347 e. The van der Waals surface area contributed by atoms with E-state index in [0.29, 0.717) is 11.1 Å². The van der Waals surface area contributed by atoms with Gasteiger partial charge in [0.25, 0.3) is 0 Å². The van der Waals surface area contributed by atoms with Crippen molar-refractivity contribution >= 4 is 37.2 Å². The number of rotatable bonds is 1. The van der Waals surface area contributed by atoms with Gasteiger partial charge in [0.05, 0.1) is 11.1 Å². The summed E-state index contributed by atoms with van der Waals surface area (Å²) in [5, 5.41) is 0. The van der Waals surface area contributed by atoms with Crippen LogP contribution in [0.4, 0.5) is 0 Å². The molecule has 0 aliphatic carbocycles. The van der Waals surface area contributed by atoms with E-state index in [1.807, 2.05) is 6.07 Å². The number of ether oxygens (including phenoxy) is 1. The zero-order valence-electron chi connectivity index (χ0n) is 6.54. The maximum atomic E-state index is 11.2. The minimum atomic E-state index is -0.542. The van der Waals surface area contributed by atoms with E-state index in [-0.39, 0.29) is 0 Å². The van der Waals surface area contributed by atoms with Crippen molar-refractivity contribution in [3.05, 3.63) is 32.9 Å². The second kappa shape index (κ2) is 3.02. The molecule has 0 saturated heterocycles. The Morgan fingerprint density at radius 3 is 2.69 bits per heavy atom. The molecule has 0 atom stereocenters. The summed E-state index contributed by atoms with van der Waals surface area (Å²) in [6, 6.07) is 5.17. The van der Waals surface area contributed by atoms with Gasteiger partial charge in [-0.15, -0.1) is 0 Å². The van der Waals surface area contributed by atoms with Gasteiger partial charge in [-0.3, -0.25) is 0 Å². The zero-order chi connectivity index (χ0) is 9.42. The van der Waals surface area contributed by atoms with Crippen molar-refractivity contribution in [3.63, 3.8) is 0 Å².